The number of fused-ring (bicyclic) bond motifs is 1. The van der Waals surface area contributed by atoms with Crippen LogP contribution < -0.4 is 10.2 Å². The molecule has 0 saturated heterocycles. The van der Waals surface area contributed by atoms with Gasteiger partial charge < -0.3 is 0 Å². The van der Waals surface area contributed by atoms with E-state index in [0.717, 1.165) is 10.9 Å². The molecule has 0 radical (unpaired) electrons. The predicted molar refractivity (Wildman–Crippen MR) is 77.8 cm³/mol. The summed E-state index contributed by atoms with van der Waals surface area (Å²) in [4.78, 5) is 14.8. The van der Waals surface area contributed by atoms with Gasteiger partial charge in [-0.15, -0.1) is 4.68 Å². The second kappa shape index (κ2) is 5.09. The van der Waals surface area contributed by atoms with Gasteiger partial charge in [0.1, 0.15) is 0 Å². The number of hydrogen-bond donors (Lipinski definition) is 1. The maximum absolute atomic E-state index is 11.7. The van der Waals surface area contributed by atoms with Crippen LogP contribution in [0, 0.1) is 6.92 Å². The van der Waals surface area contributed by atoms with Gasteiger partial charge in [-0.05, 0) is 24.2 Å². The van der Waals surface area contributed by atoms with Crippen LogP contribution in [0.5, 0.6) is 0 Å². The van der Waals surface area contributed by atoms with Crippen molar-refractivity contribution in [2.75, 3.05) is 5.75 Å². The van der Waals surface area contributed by atoms with E-state index in [4.69, 9.17) is 0 Å². The molecule has 2 aromatic rings. The minimum atomic E-state index is -0.112. The van der Waals surface area contributed by atoms with Crippen molar-refractivity contribution >= 4 is 27.7 Å². The second-order valence-corrected chi connectivity index (χ2v) is 6.66. The lowest BCUT2D eigenvalue weighted by Crippen LogP contribution is -2.55. The van der Waals surface area contributed by atoms with Crippen molar-refractivity contribution in [3.63, 3.8) is 0 Å². The molecule has 1 N–H and O–H groups in total. The minimum Gasteiger partial charge on any atom is -0.239 e. The van der Waals surface area contributed by atoms with Gasteiger partial charge >= 0.3 is 10.7 Å². The average Bonchev–Trinajstić information content (AvgIpc) is 2.42. The molecule has 98 valence electrons. The zero-order valence-corrected chi connectivity index (χ0v) is 12.7. The summed E-state index contributed by atoms with van der Waals surface area (Å²) in [5, 5.41) is 5.26. The summed E-state index contributed by atoms with van der Waals surface area (Å²) in [6.45, 7) is 1.73. The molecule has 1 aromatic carbocycles. The van der Waals surface area contributed by atoms with Gasteiger partial charge in [-0.2, -0.15) is 4.98 Å². The lowest BCUT2D eigenvalue weighted by atomic mass is 10.0. The van der Waals surface area contributed by atoms with E-state index >= 15 is 0 Å². The largest absolute Gasteiger partial charge is 0.357 e. The number of benzene rings is 1. The third-order valence-electron chi connectivity index (χ3n) is 3.14. The van der Waals surface area contributed by atoms with Gasteiger partial charge in [-0.3, -0.25) is 0 Å². The topological polar surface area (TPSA) is 49.6 Å². The molecule has 19 heavy (non-hydrogen) atoms. The first-order chi connectivity index (χ1) is 9.16. The second-order valence-electron chi connectivity index (χ2n) is 4.47. The average molecular weight is 339 g/mol. The number of aryl methyl sites for hydroxylation is 1. The summed E-state index contributed by atoms with van der Waals surface area (Å²) in [7, 11) is 0. The maximum atomic E-state index is 11.7. The Hall–Kier alpha value is -1.14. The Labute approximate surface area is 123 Å². The number of halogens is 1. The van der Waals surface area contributed by atoms with Gasteiger partial charge in [-0.25, -0.2) is 4.79 Å². The summed E-state index contributed by atoms with van der Waals surface area (Å²) >= 11 is 5.35. The van der Waals surface area contributed by atoms with Crippen LogP contribution in [0.2, 0.25) is 0 Å². The van der Waals surface area contributed by atoms with Gasteiger partial charge in [0.2, 0.25) is 0 Å². The molecule has 2 heterocycles. The number of thioether (sulfide) groups is 1. The van der Waals surface area contributed by atoms with Crippen molar-refractivity contribution in [3.05, 3.63) is 51.9 Å². The van der Waals surface area contributed by atoms with E-state index in [-0.39, 0.29) is 16.4 Å². The van der Waals surface area contributed by atoms with Gasteiger partial charge in [0.15, 0.2) is 11.7 Å². The Balaban J connectivity index is 2.17. The molecule has 1 aromatic heterocycles. The Morgan fingerprint density at radius 2 is 2.16 bits per heavy atom. The molecule has 0 saturated carbocycles. The van der Waals surface area contributed by atoms with Gasteiger partial charge in [0, 0.05) is 5.75 Å². The first-order valence-corrected chi connectivity index (χ1v) is 7.91. The van der Waals surface area contributed by atoms with Crippen LogP contribution in [0.1, 0.15) is 17.3 Å². The van der Waals surface area contributed by atoms with Crippen molar-refractivity contribution in [1.29, 1.82) is 0 Å². The molecule has 1 aliphatic rings. The number of rotatable bonds is 1. The summed E-state index contributed by atoms with van der Waals surface area (Å²) in [6.07, 6.45) is 0. The molecule has 3 rings (SSSR count). The summed E-state index contributed by atoms with van der Waals surface area (Å²) in [6, 6.07) is 10.3. The SMILES string of the molecule is Cc1n[n+]2c([nH]c1=O)SC[C@H](Br)[C@H]2c1ccccc1. The van der Waals surface area contributed by atoms with Crippen LogP contribution in [0.3, 0.4) is 0 Å². The molecule has 1 aliphatic heterocycles. The molecular weight excluding hydrogens is 326 g/mol. The van der Waals surface area contributed by atoms with E-state index in [1.165, 1.54) is 5.56 Å². The zero-order valence-electron chi connectivity index (χ0n) is 10.3. The van der Waals surface area contributed by atoms with Gasteiger partial charge in [-0.1, -0.05) is 51.4 Å². The molecule has 0 unspecified atom stereocenters. The predicted octanol–water partition coefficient (Wildman–Crippen LogP) is 1.82. The highest BCUT2D eigenvalue weighted by atomic mass is 79.9. The fraction of sp³-hybridized carbons (Fsp3) is 0.308. The lowest BCUT2D eigenvalue weighted by molar-refractivity contribution is -0.806. The number of aromatic nitrogens is 3. The van der Waals surface area contributed by atoms with Crippen LogP contribution in [0.25, 0.3) is 0 Å². The highest BCUT2D eigenvalue weighted by molar-refractivity contribution is 9.09. The van der Waals surface area contributed by atoms with E-state index in [2.05, 4.69) is 38.1 Å². The molecule has 0 aliphatic carbocycles. The third-order valence-corrected chi connectivity index (χ3v) is 5.48. The Bertz CT molecular complexity index is 659. The Morgan fingerprint density at radius 1 is 1.42 bits per heavy atom. The van der Waals surface area contributed by atoms with Crippen molar-refractivity contribution < 1.29 is 4.68 Å². The fourth-order valence-corrected chi connectivity index (χ4v) is 4.07. The number of nitrogens with one attached hydrogen (secondary N) is 1. The Kier molecular flexibility index (Phi) is 3.45. The van der Waals surface area contributed by atoms with Crippen molar-refractivity contribution in [2.24, 2.45) is 0 Å². The minimum absolute atomic E-state index is 0.105. The van der Waals surface area contributed by atoms with Crippen LogP contribution in [0.4, 0.5) is 0 Å². The molecule has 0 spiro atoms. The quantitative estimate of drug-likeness (QED) is 0.637. The molecule has 2 atom stereocenters. The van der Waals surface area contributed by atoms with Crippen molar-refractivity contribution in [2.45, 2.75) is 22.9 Å². The molecular formula is C13H13BrN3OS+. The first kappa shape index (κ1) is 12.9. The number of H-pyrrole nitrogens is 1. The third kappa shape index (κ3) is 2.34. The smallest absolute Gasteiger partial charge is 0.239 e. The number of hydrogen-bond acceptors (Lipinski definition) is 3. The monoisotopic (exact) mass is 338 g/mol. The molecule has 0 amide bonds. The lowest BCUT2D eigenvalue weighted by Gasteiger charge is -2.24. The summed E-state index contributed by atoms with van der Waals surface area (Å²) in [5.41, 5.74) is 1.57. The number of aromatic amines is 1. The molecule has 0 fully saturated rings. The van der Waals surface area contributed by atoms with Crippen LogP contribution >= 0.6 is 27.7 Å². The first-order valence-electron chi connectivity index (χ1n) is 6.01. The molecule has 6 heteroatoms. The molecule has 4 nitrogen and oxygen atoms in total. The van der Waals surface area contributed by atoms with E-state index < -0.39 is 0 Å². The number of nitrogens with zero attached hydrogens (tertiary/aromatic N) is 2. The summed E-state index contributed by atoms with van der Waals surface area (Å²) < 4.78 is 1.92. The normalized spacial score (nSPS) is 22.0. The highest BCUT2D eigenvalue weighted by Gasteiger charge is 2.36. The van der Waals surface area contributed by atoms with E-state index in [9.17, 15) is 4.79 Å². The van der Waals surface area contributed by atoms with E-state index in [1.807, 2.05) is 22.9 Å². The van der Waals surface area contributed by atoms with E-state index in [0.29, 0.717) is 5.69 Å². The highest BCUT2D eigenvalue weighted by Crippen LogP contribution is 2.31. The fourth-order valence-electron chi connectivity index (χ4n) is 2.19. The Morgan fingerprint density at radius 3 is 2.89 bits per heavy atom. The van der Waals surface area contributed by atoms with Crippen LogP contribution in [-0.4, -0.2) is 20.7 Å². The molecule has 0 bridgehead atoms. The maximum Gasteiger partial charge on any atom is 0.357 e. The van der Waals surface area contributed by atoms with Gasteiger partial charge in [0.05, 0.1) is 4.83 Å². The number of alkyl halides is 1. The standard InChI is InChI=1S/C13H12BrN3OS/c1-8-12(18)15-13-17(16-8)11(10(14)7-19-13)9-5-3-2-4-6-9/h2-6,10-11H,7H2,1H3/p+1/t10-,11+/m0/s1. The van der Waals surface area contributed by atoms with E-state index in [1.54, 1.807) is 18.7 Å². The summed E-state index contributed by atoms with van der Waals surface area (Å²) in [5.74, 6) is 0.903. The van der Waals surface area contributed by atoms with Crippen LogP contribution in [-0.2, 0) is 0 Å². The van der Waals surface area contributed by atoms with Crippen LogP contribution in [0.15, 0.2) is 40.3 Å². The van der Waals surface area contributed by atoms with Gasteiger partial charge in [0.25, 0.3) is 0 Å². The van der Waals surface area contributed by atoms with Crippen molar-refractivity contribution in [1.82, 2.24) is 10.1 Å². The van der Waals surface area contributed by atoms with Crippen molar-refractivity contribution in [3.8, 4) is 0 Å². The zero-order chi connectivity index (χ0) is 13.4.